The second kappa shape index (κ2) is 4.92. The highest BCUT2D eigenvalue weighted by Gasteiger charge is 2.49. The van der Waals surface area contributed by atoms with Crippen LogP contribution in [0, 0.1) is 0 Å². The number of rotatable bonds is 3. The standard InChI is InChI=1S/C14H24N2O2/c1-11(2)14-7-5-9-16(14)12(6-8-14)10-18-13(17)15(3)4/h12H,1,5-10H2,2-4H3. The minimum Gasteiger partial charge on any atom is -0.448 e. The van der Waals surface area contributed by atoms with Gasteiger partial charge in [0.25, 0.3) is 0 Å². The number of fused-ring (bicyclic) bond motifs is 1. The highest BCUT2D eigenvalue weighted by Crippen LogP contribution is 2.46. The molecule has 0 aliphatic carbocycles. The largest absolute Gasteiger partial charge is 0.448 e. The molecule has 18 heavy (non-hydrogen) atoms. The van der Waals surface area contributed by atoms with Crippen molar-refractivity contribution in [2.75, 3.05) is 27.2 Å². The Hall–Kier alpha value is -1.03. The quantitative estimate of drug-likeness (QED) is 0.722. The van der Waals surface area contributed by atoms with Crippen LogP contribution in [0.3, 0.4) is 0 Å². The lowest BCUT2D eigenvalue weighted by Gasteiger charge is -2.35. The molecule has 0 aromatic rings. The zero-order valence-corrected chi connectivity index (χ0v) is 11.7. The molecule has 4 heteroatoms. The molecule has 0 aromatic heterocycles. The molecule has 4 nitrogen and oxygen atoms in total. The Labute approximate surface area is 110 Å². The van der Waals surface area contributed by atoms with E-state index in [-0.39, 0.29) is 11.6 Å². The second-order valence-corrected chi connectivity index (χ2v) is 5.77. The number of ether oxygens (including phenoxy) is 1. The van der Waals surface area contributed by atoms with Crippen LogP contribution >= 0.6 is 0 Å². The van der Waals surface area contributed by atoms with Gasteiger partial charge in [0.2, 0.25) is 0 Å². The van der Waals surface area contributed by atoms with E-state index in [1.807, 2.05) is 0 Å². The summed E-state index contributed by atoms with van der Waals surface area (Å²) in [5.74, 6) is 0. The van der Waals surface area contributed by atoms with E-state index < -0.39 is 0 Å². The molecule has 2 rings (SSSR count). The zero-order valence-electron chi connectivity index (χ0n) is 11.7. The molecule has 2 heterocycles. The molecular weight excluding hydrogens is 228 g/mol. The highest BCUT2D eigenvalue weighted by molar-refractivity contribution is 5.66. The molecule has 0 bridgehead atoms. The first kappa shape index (κ1) is 13.4. The third-order valence-corrected chi connectivity index (χ3v) is 4.43. The van der Waals surface area contributed by atoms with Crippen molar-refractivity contribution in [1.29, 1.82) is 0 Å². The van der Waals surface area contributed by atoms with Gasteiger partial charge in [0.15, 0.2) is 0 Å². The molecule has 0 aromatic carbocycles. The van der Waals surface area contributed by atoms with Crippen LogP contribution < -0.4 is 0 Å². The maximum Gasteiger partial charge on any atom is 0.409 e. The van der Waals surface area contributed by atoms with E-state index in [4.69, 9.17) is 4.74 Å². The number of carbonyl (C=O) groups excluding carboxylic acids is 1. The zero-order chi connectivity index (χ0) is 13.3. The van der Waals surface area contributed by atoms with Gasteiger partial charge < -0.3 is 9.64 Å². The van der Waals surface area contributed by atoms with Crippen LogP contribution in [0.25, 0.3) is 0 Å². The molecule has 1 amide bonds. The van der Waals surface area contributed by atoms with E-state index in [1.165, 1.54) is 23.3 Å². The summed E-state index contributed by atoms with van der Waals surface area (Å²) in [5.41, 5.74) is 1.45. The third kappa shape index (κ3) is 2.14. The topological polar surface area (TPSA) is 32.8 Å². The molecule has 0 spiro atoms. The predicted molar refractivity (Wildman–Crippen MR) is 71.5 cm³/mol. The fraction of sp³-hybridized carbons (Fsp3) is 0.786. The van der Waals surface area contributed by atoms with E-state index in [0.717, 1.165) is 19.4 Å². The number of nitrogens with zero attached hydrogens (tertiary/aromatic N) is 2. The molecule has 2 aliphatic rings. The Morgan fingerprint density at radius 3 is 2.83 bits per heavy atom. The van der Waals surface area contributed by atoms with Crippen LogP contribution in [0.5, 0.6) is 0 Å². The Morgan fingerprint density at radius 1 is 1.50 bits per heavy atom. The van der Waals surface area contributed by atoms with Crippen LogP contribution in [0.2, 0.25) is 0 Å². The van der Waals surface area contributed by atoms with Crippen molar-refractivity contribution in [1.82, 2.24) is 9.80 Å². The highest BCUT2D eigenvalue weighted by atomic mass is 16.6. The van der Waals surface area contributed by atoms with Gasteiger partial charge in [-0.05, 0) is 39.2 Å². The molecular formula is C14H24N2O2. The molecule has 2 unspecified atom stereocenters. The van der Waals surface area contributed by atoms with Crippen molar-refractivity contribution in [3.05, 3.63) is 12.2 Å². The number of carbonyl (C=O) groups is 1. The van der Waals surface area contributed by atoms with Gasteiger partial charge in [-0.1, -0.05) is 12.2 Å². The molecule has 2 aliphatic heterocycles. The summed E-state index contributed by atoms with van der Waals surface area (Å²) in [6, 6.07) is 0.369. The summed E-state index contributed by atoms with van der Waals surface area (Å²) in [6.07, 6.45) is 4.45. The van der Waals surface area contributed by atoms with Crippen molar-refractivity contribution in [3.63, 3.8) is 0 Å². The number of hydrogen-bond donors (Lipinski definition) is 0. The Morgan fingerprint density at radius 2 is 2.22 bits per heavy atom. The molecule has 2 fully saturated rings. The molecule has 0 saturated carbocycles. The van der Waals surface area contributed by atoms with Crippen molar-refractivity contribution in [2.24, 2.45) is 0 Å². The van der Waals surface area contributed by atoms with Crippen molar-refractivity contribution < 1.29 is 9.53 Å². The van der Waals surface area contributed by atoms with Gasteiger partial charge in [0.1, 0.15) is 6.61 Å². The van der Waals surface area contributed by atoms with E-state index in [9.17, 15) is 4.79 Å². The summed E-state index contributed by atoms with van der Waals surface area (Å²) < 4.78 is 5.34. The van der Waals surface area contributed by atoms with Crippen LogP contribution in [0.4, 0.5) is 4.79 Å². The maximum absolute atomic E-state index is 11.5. The van der Waals surface area contributed by atoms with Crippen molar-refractivity contribution in [3.8, 4) is 0 Å². The molecule has 2 saturated heterocycles. The fourth-order valence-electron chi connectivity index (χ4n) is 3.40. The minimum absolute atomic E-state index is 0.190. The van der Waals surface area contributed by atoms with E-state index >= 15 is 0 Å². The van der Waals surface area contributed by atoms with Crippen LogP contribution in [-0.4, -0.2) is 54.7 Å². The van der Waals surface area contributed by atoms with E-state index in [1.54, 1.807) is 14.1 Å². The normalized spacial score (nSPS) is 31.2. The molecule has 102 valence electrons. The minimum atomic E-state index is -0.248. The monoisotopic (exact) mass is 252 g/mol. The van der Waals surface area contributed by atoms with E-state index in [2.05, 4.69) is 18.4 Å². The summed E-state index contributed by atoms with van der Waals surface area (Å²) >= 11 is 0. The van der Waals surface area contributed by atoms with Gasteiger partial charge in [-0.2, -0.15) is 0 Å². The van der Waals surface area contributed by atoms with Crippen molar-refractivity contribution in [2.45, 2.75) is 44.2 Å². The Bertz CT molecular complexity index is 354. The smallest absolute Gasteiger partial charge is 0.409 e. The first-order chi connectivity index (χ1) is 8.47. The molecule has 2 atom stereocenters. The van der Waals surface area contributed by atoms with Gasteiger partial charge in [-0.15, -0.1) is 0 Å². The lowest BCUT2D eigenvalue weighted by molar-refractivity contribution is 0.0764. The van der Waals surface area contributed by atoms with E-state index in [0.29, 0.717) is 12.6 Å². The van der Waals surface area contributed by atoms with Gasteiger partial charge in [-0.25, -0.2) is 4.79 Å². The molecule has 0 N–H and O–H groups in total. The Balaban J connectivity index is 1.97. The second-order valence-electron chi connectivity index (χ2n) is 5.77. The van der Waals surface area contributed by atoms with Gasteiger partial charge in [0.05, 0.1) is 0 Å². The first-order valence-electron chi connectivity index (χ1n) is 6.74. The van der Waals surface area contributed by atoms with Crippen LogP contribution in [0.15, 0.2) is 12.2 Å². The Kier molecular flexibility index (Phi) is 3.66. The molecule has 0 radical (unpaired) electrons. The van der Waals surface area contributed by atoms with Gasteiger partial charge in [0, 0.05) is 25.7 Å². The fourth-order valence-corrected chi connectivity index (χ4v) is 3.40. The lowest BCUT2D eigenvalue weighted by Crippen LogP contribution is -2.45. The van der Waals surface area contributed by atoms with Crippen LogP contribution in [0.1, 0.15) is 32.6 Å². The summed E-state index contributed by atoms with van der Waals surface area (Å²) in [4.78, 5) is 15.5. The predicted octanol–water partition coefficient (Wildman–Crippen LogP) is 2.26. The first-order valence-corrected chi connectivity index (χ1v) is 6.74. The maximum atomic E-state index is 11.5. The average molecular weight is 252 g/mol. The van der Waals surface area contributed by atoms with Crippen LogP contribution in [-0.2, 0) is 4.74 Å². The summed E-state index contributed by atoms with van der Waals surface area (Å²) in [7, 11) is 3.43. The third-order valence-electron chi connectivity index (χ3n) is 4.43. The summed E-state index contributed by atoms with van der Waals surface area (Å²) in [6.45, 7) is 7.92. The van der Waals surface area contributed by atoms with Gasteiger partial charge in [-0.3, -0.25) is 4.90 Å². The lowest BCUT2D eigenvalue weighted by atomic mass is 9.87. The SMILES string of the molecule is C=C(C)C12CCCN1C(COC(=O)N(C)C)CC2. The summed E-state index contributed by atoms with van der Waals surface area (Å²) in [5, 5.41) is 0. The van der Waals surface area contributed by atoms with Crippen molar-refractivity contribution >= 4 is 6.09 Å². The number of hydrogen-bond acceptors (Lipinski definition) is 3. The van der Waals surface area contributed by atoms with Gasteiger partial charge >= 0.3 is 6.09 Å². The average Bonchev–Trinajstić information content (AvgIpc) is 2.85. The number of amides is 1.